The third-order valence-electron chi connectivity index (χ3n) is 3.94. The fourth-order valence-corrected chi connectivity index (χ4v) is 3.28. The van der Waals surface area contributed by atoms with Crippen LogP contribution in [0.3, 0.4) is 0 Å². The van der Waals surface area contributed by atoms with Crippen LogP contribution in [-0.2, 0) is 0 Å². The molecule has 1 amide bonds. The second-order valence-electron chi connectivity index (χ2n) is 6.02. The van der Waals surface area contributed by atoms with Gasteiger partial charge in [0, 0.05) is 6.04 Å². The number of nitrogens with one attached hydrogen (secondary N) is 1. The number of fused-ring (bicyclic) bond motifs is 1. The number of carbonyl (C=O) groups excluding carboxylic acids is 1. The molecule has 25 heavy (non-hydrogen) atoms. The van der Waals surface area contributed by atoms with Gasteiger partial charge in [-0.2, -0.15) is 10.4 Å². The minimum Gasteiger partial charge on any atom is -0.336 e. The van der Waals surface area contributed by atoms with Crippen molar-refractivity contribution < 1.29 is 4.79 Å². The van der Waals surface area contributed by atoms with Gasteiger partial charge in [-0.1, -0.05) is 13.0 Å². The van der Waals surface area contributed by atoms with E-state index in [-0.39, 0.29) is 11.9 Å². The molecule has 1 N–H and O–H groups in total. The van der Waals surface area contributed by atoms with Gasteiger partial charge in [-0.15, -0.1) is 11.3 Å². The number of carbonyl (C=O) groups is 1. The molecule has 0 aliphatic rings. The van der Waals surface area contributed by atoms with Crippen molar-refractivity contribution in [2.45, 2.75) is 39.3 Å². The smallest absolute Gasteiger partial charge is 0.253 e. The Kier molecular flexibility index (Phi) is 4.81. The van der Waals surface area contributed by atoms with Gasteiger partial charge in [0.15, 0.2) is 5.65 Å². The lowest BCUT2D eigenvalue weighted by molar-refractivity contribution is 0.0946. The van der Waals surface area contributed by atoms with E-state index in [0.29, 0.717) is 23.0 Å². The van der Waals surface area contributed by atoms with Gasteiger partial charge in [0.25, 0.3) is 5.91 Å². The van der Waals surface area contributed by atoms with Gasteiger partial charge in [0.1, 0.15) is 6.04 Å². The van der Waals surface area contributed by atoms with Crippen LogP contribution < -0.4 is 5.32 Å². The van der Waals surface area contributed by atoms with Crippen LogP contribution >= 0.6 is 11.3 Å². The van der Waals surface area contributed by atoms with Crippen molar-refractivity contribution in [2.24, 2.45) is 0 Å². The molecule has 0 saturated carbocycles. The fourth-order valence-electron chi connectivity index (χ4n) is 2.60. The first-order valence-electron chi connectivity index (χ1n) is 8.17. The zero-order chi connectivity index (χ0) is 18.0. The van der Waals surface area contributed by atoms with Gasteiger partial charge in [-0.3, -0.25) is 4.79 Å². The molecule has 0 radical (unpaired) electrons. The molecule has 6 nitrogen and oxygen atoms in total. The number of thiophene rings is 1. The summed E-state index contributed by atoms with van der Waals surface area (Å²) in [5.74, 6) is -0.276. The van der Waals surface area contributed by atoms with Gasteiger partial charge in [0.05, 0.1) is 33.8 Å². The molecule has 0 fully saturated rings. The van der Waals surface area contributed by atoms with Crippen molar-refractivity contribution in [2.75, 3.05) is 0 Å². The molecule has 0 bridgehead atoms. The lowest BCUT2D eigenvalue weighted by atomic mass is 10.1. The van der Waals surface area contributed by atoms with Gasteiger partial charge < -0.3 is 5.32 Å². The van der Waals surface area contributed by atoms with Crippen LogP contribution in [0, 0.1) is 11.3 Å². The molecule has 3 aromatic heterocycles. The normalized spacial score (nSPS) is 12.3. The molecule has 0 aliphatic heterocycles. The number of hydrogen-bond donors (Lipinski definition) is 1. The quantitative estimate of drug-likeness (QED) is 0.757. The summed E-state index contributed by atoms with van der Waals surface area (Å²) >= 11 is 1.57. The maximum Gasteiger partial charge on any atom is 0.253 e. The molecular weight excluding hydrogens is 334 g/mol. The van der Waals surface area contributed by atoms with Crippen LogP contribution in [-0.4, -0.2) is 26.7 Å². The number of nitrogens with zero attached hydrogens (tertiary/aromatic N) is 4. The number of pyridine rings is 1. The minimum absolute atomic E-state index is 0.127. The third-order valence-corrected chi connectivity index (χ3v) is 4.84. The number of amides is 1. The number of aromatic nitrogens is 3. The summed E-state index contributed by atoms with van der Waals surface area (Å²) in [4.78, 5) is 18.5. The predicted octanol–water partition coefficient (Wildman–Crippen LogP) is 3.77. The second kappa shape index (κ2) is 7.03. The number of hydrogen-bond acceptors (Lipinski definition) is 5. The number of nitriles is 1. The lowest BCUT2D eigenvalue weighted by Gasteiger charge is -2.12. The molecule has 7 heteroatoms. The van der Waals surface area contributed by atoms with Crippen LogP contribution in [0.1, 0.15) is 43.6 Å². The summed E-state index contributed by atoms with van der Waals surface area (Å²) in [7, 11) is 0. The molecule has 3 heterocycles. The predicted molar refractivity (Wildman–Crippen MR) is 98.4 cm³/mol. The minimum atomic E-state index is -0.513. The Morgan fingerprint density at radius 3 is 2.88 bits per heavy atom. The highest BCUT2D eigenvalue weighted by atomic mass is 32.1. The third kappa shape index (κ3) is 3.26. The van der Waals surface area contributed by atoms with E-state index in [0.717, 1.165) is 10.6 Å². The molecule has 0 aromatic carbocycles. The fraction of sp³-hybridized carbons (Fsp3) is 0.333. The summed E-state index contributed by atoms with van der Waals surface area (Å²) in [6.45, 7) is 5.91. The van der Waals surface area contributed by atoms with Crippen molar-refractivity contribution >= 4 is 28.3 Å². The Labute approximate surface area is 150 Å². The van der Waals surface area contributed by atoms with Crippen LogP contribution in [0.5, 0.6) is 0 Å². The molecule has 128 valence electrons. The summed E-state index contributed by atoms with van der Waals surface area (Å²) < 4.78 is 1.81. The Balaban J connectivity index is 2.16. The molecule has 3 aromatic rings. The van der Waals surface area contributed by atoms with Gasteiger partial charge in [-0.25, -0.2) is 9.67 Å². The zero-order valence-electron chi connectivity index (χ0n) is 14.4. The van der Waals surface area contributed by atoms with Crippen LogP contribution in [0.25, 0.3) is 21.6 Å². The van der Waals surface area contributed by atoms with Crippen molar-refractivity contribution in [3.05, 3.63) is 35.3 Å². The Hall–Kier alpha value is -2.72. The van der Waals surface area contributed by atoms with Crippen molar-refractivity contribution in [1.29, 1.82) is 5.26 Å². The van der Waals surface area contributed by atoms with E-state index in [9.17, 15) is 4.79 Å². The maximum absolute atomic E-state index is 12.8. The average Bonchev–Trinajstić information content (AvgIpc) is 3.27. The average molecular weight is 353 g/mol. The summed E-state index contributed by atoms with van der Waals surface area (Å²) in [6, 6.07) is 7.42. The lowest BCUT2D eigenvalue weighted by Crippen LogP contribution is -2.33. The number of rotatable bonds is 5. The summed E-state index contributed by atoms with van der Waals surface area (Å²) in [5, 5.41) is 19.0. The summed E-state index contributed by atoms with van der Waals surface area (Å²) in [5.41, 5.74) is 1.91. The van der Waals surface area contributed by atoms with Gasteiger partial charge in [-0.05, 0) is 37.8 Å². The molecule has 1 atom stereocenters. The molecule has 0 spiro atoms. The van der Waals surface area contributed by atoms with Crippen molar-refractivity contribution in [1.82, 2.24) is 20.1 Å². The highest BCUT2D eigenvalue weighted by Crippen LogP contribution is 2.28. The van der Waals surface area contributed by atoms with E-state index in [1.165, 1.54) is 0 Å². The van der Waals surface area contributed by atoms with Crippen LogP contribution in [0.4, 0.5) is 0 Å². The Morgan fingerprint density at radius 2 is 2.28 bits per heavy atom. The molecule has 0 saturated heterocycles. The van der Waals surface area contributed by atoms with E-state index in [2.05, 4.69) is 16.5 Å². The SMILES string of the molecule is CCC(C#N)NC(=O)c1cc(-c2cccs2)nc2c1cnn2C(C)C. The van der Waals surface area contributed by atoms with Crippen molar-refractivity contribution in [3.8, 4) is 16.6 Å². The van der Waals surface area contributed by atoms with E-state index >= 15 is 0 Å². The molecular formula is C18H19N5OS. The van der Waals surface area contributed by atoms with Gasteiger partial charge in [0.2, 0.25) is 0 Å². The van der Waals surface area contributed by atoms with E-state index in [1.807, 2.05) is 43.0 Å². The van der Waals surface area contributed by atoms with Crippen LogP contribution in [0.2, 0.25) is 0 Å². The highest BCUT2D eigenvalue weighted by molar-refractivity contribution is 7.13. The Bertz CT molecular complexity index is 936. The second-order valence-corrected chi connectivity index (χ2v) is 6.96. The van der Waals surface area contributed by atoms with E-state index < -0.39 is 6.04 Å². The largest absolute Gasteiger partial charge is 0.336 e. The van der Waals surface area contributed by atoms with Crippen LogP contribution in [0.15, 0.2) is 29.8 Å². The standard InChI is InChI=1S/C18H19N5OS/c1-4-12(9-19)21-18(24)13-8-15(16-6-5-7-25-16)22-17-14(13)10-20-23(17)11(2)3/h5-8,10-12H,4H2,1-3H3,(H,21,24). The first-order chi connectivity index (χ1) is 12.0. The van der Waals surface area contributed by atoms with Gasteiger partial charge >= 0.3 is 0 Å². The first kappa shape index (κ1) is 17.1. The molecule has 1 unspecified atom stereocenters. The zero-order valence-corrected chi connectivity index (χ0v) is 15.2. The highest BCUT2D eigenvalue weighted by Gasteiger charge is 2.20. The maximum atomic E-state index is 12.8. The van der Waals surface area contributed by atoms with E-state index in [4.69, 9.17) is 10.2 Å². The monoisotopic (exact) mass is 353 g/mol. The first-order valence-corrected chi connectivity index (χ1v) is 9.05. The van der Waals surface area contributed by atoms with E-state index in [1.54, 1.807) is 23.6 Å². The van der Waals surface area contributed by atoms with Crippen molar-refractivity contribution in [3.63, 3.8) is 0 Å². The summed E-state index contributed by atoms with van der Waals surface area (Å²) in [6.07, 6.45) is 2.22. The molecule has 0 aliphatic carbocycles. The Morgan fingerprint density at radius 1 is 1.48 bits per heavy atom. The molecule has 3 rings (SSSR count). The topological polar surface area (TPSA) is 83.6 Å².